The largest absolute Gasteiger partial charge is 0.354 e. The predicted molar refractivity (Wildman–Crippen MR) is 60.7 cm³/mol. The molecule has 1 aliphatic heterocycles. The molecule has 4 nitrogen and oxygen atoms in total. The van der Waals surface area contributed by atoms with E-state index in [-0.39, 0.29) is 17.9 Å². The second-order valence-corrected chi connectivity index (χ2v) is 4.96. The van der Waals surface area contributed by atoms with Crippen LogP contribution < -0.4 is 10.6 Å². The molecule has 2 rings (SSSR count). The highest BCUT2D eigenvalue weighted by Gasteiger charge is 2.22. The van der Waals surface area contributed by atoms with Gasteiger partial charge < -0.3 is 10.6 Å². The highest BCUT2D eigenvalue weighted by Crippen LogP contribution is 2.27. The van der Waals surface area contributed by atoms with Crippen molar-refractivity contribution in [3.05, 3.63) is 0 Å². The lowest BCUT2D eigenvalue weighted by molar-refractivity contribution is -0.126. The van der Waals surface area contributed by atoms with Crippen molar-refractivity contribution < 1.29 is 9.59 Å². The molecule has 90 valence electrons. The maximum absolute atomic E-state index is 11.7. The van der Waals surface area contributed by atoms with Crippen LogP contribution in [0.15, 0.2) is 0 Å². The van der Waals surface area contributed by atoms with Crippen LogP contribution in [0.5, 0.6) is 0 Å². The smallest absolute Gasteiger partial charge is 0.220 e. The molecule has 0 radical (unpaired) electrons. The molecule has 0 bridgehead atoms. The van der Waals surface area contributed by atoms with E-state index in [0.717, 1.165) is 6.42 Å². The van der Waals surface area contributed by atoms with Gasteiger partial charge in [0.05, 0.1) is 0 Å². The van der Waals surface area contributed by atoms with E-state index < -0.39 is 0 Å². The van der Waals surface area contributed by atoms with Crippen LogP contribution in [0.25, 0.3) is 0 Å². The standard InChI is InChI=1S/C12H20N2O2/c15-11-6-5-10(8-13-11)14-12(16)7-9-3-1-2-4-9/h9-10H,1-8H2,(H,13,15)(H,14,16). The minimum atomic E-state index is 0.0984. The number of piperidine rings is 1. The van der Waals surface area contributed by atoms with Crippen LogP contribution in [-0.4, -0.2) is 24.4 Å². The summed E-state index contributed by atoms with van der Waals surface area (Å²) in [7, 11) is 0. The van der Waals surface area contributed by atoms with Crippen LogP contribution in [0.2, 0.25) is 0 Å². The van der Waals surface area contributed by atoms with Gasteiger partial charge in [0.15, 0.2) is 0 Å². The highest BCUT2D eigenvalue weighted by atomic mass is 16.2. The zero-order valence-electron chi connectivity index (χ0n) is 9.63. The van der Waals surface area contributed by atoms with E-state index in [9.17, 15) is 9.59 Å². The molecular weight excluding hydrogens is 204 g/mol. The normalized spacial score (nSPS) is 26.5. The Labute approximate surface area is 96.2 Å². The van der Waals surface area contributed by atoms with Gasteiger partial charge in [-0.15, -0.1) is 0 Å². The molecule has 1 saturated carbocycles. The summed E-state index contributed by atoms with van der Waals surface area (Å²) in [5.41, 5.74) is 0. The van der Waals surface area contributed by atoms with E-state index in [0.29, 0.717) is 25.3 Å². The van der Waals surface area contributed by atoms with Crippen LogP contribution in [0, 0.1) is 5.92 Å². The van der Waals surface area contributed by atoms with E-state index in [1.165, 1.54) is 25.7 Å². The van der Waals surface area contributed by atoms with Crippen LogP contribution in [0.4, 0.5) is 0 Å². The Morgan fingerprint density at radius 1 is 1.31 bits per heavy atom. The van der Waals surface area contributed by atoms with Crippen LogP contribution in [0.3, 0.4) is 0 Å². The number of rotatable bonds is 3. The number of carbonyl (C=O) groups excluding carboxylic acids is 2. The molecule has 0 aromatic heterocycles. The topological polar surface area (TPSA) is 58.2 Å². The summed E-state index contributed by atoms with van der Waals surface area (Å²) in [6.45, 7) is 0.592. The van der Waals surface area contributed by atoms with Crippen LogP contribution >= 0.6 is 0 Å². The maximum Gasteiger partial charge on any atom is 0.220 e. The third-order valence-corrected chi connectivity index (χ3v) is 3.58. The van der Waals surface area contributed by atoms with Gasteiger partial charge in [0.2, 0.25) is 11.8 Å². The van der Waals surface area contributed by atoms with Gasteiger partial charge in [0, 0.05) is 25.4 Å². The second-order valence-electron chi connectivity index (χ2n) is 4.96. The van der Waals surface area contributed by atoms with E-state index in [1.807, 2.05) is 0 Å². The van der Waals surface area contributed by atoms with Gasteiger partial charge in [-0.25, -0.2) is 0 Å². The first-order valence-corrected chi connectivity index (χ1v) is 6.30. The summed E-state index contributed by atoms with van der Waals surface area (Å²) in [5.74, 6) is 0.854. The highest BCUT2D eigenvalue weighted by molar-refractivity contribution is 5.79. The van der Waals surface area contributed by atoms with E-state index >= 15 is 0 Å². The fourth-order valence-electron chi connectivity index (χ4n) is 2.62. The van der Waals surface area contributed by atoms with E-state index in [2.05, 4.69) is 10.6 Å². The number of hydrogen-bond donors (Lipinski definition) is 2. The number of carbonyl (C=O) groups is 2. The van der Waals surface area contributed by atoms with Crippen molar-refractivity contribution in [1.29, 1.82) is 0 Å². The zero-order chi connectivity index (χ0) is 11.4. The molecule has 16 heavy (non-hydrogen) atoms. The minimum Gasteiger partial charge on any atom is -0.354 e. The van der Waals surface area contributed by atoms with Crippen LogP contribution in [0.1, 0.15) is 44.9 Å². The Hall–Kier alpha value is -1.06. The Morgan fingerprint density at radius 2 is 2.06 bits per heavy atom. The summed E-state index contributed by atoms with van der Waals surface area (Å²) in [6, 6.07) is 0.145. The summed E-state index contributed by atoms with van der Waals surface area (Å²) >= 11 is 0. The number of hydrogen-bond acceptors (Lipinski definition) is 2. The molecule has 2 amide bonds. The fourth-order valence-corrected chi connectivity index (χ4v) is 2.62. The van der Waals surface area contributed by atoms with Crippen LogP contribution in [-0.2, 0) is 9.59 Å². The van der Waals surface area contributed by atoms with Gasteiger partial charge in [0.25, 0.3) is 0 Å². The summed E-state index contributed by atoms with van der Waals surface area (Å²) in [6.07, 6.45) is 6.94. The van der Waals surface area contributed by atoms with Gasteiger partial charge in [-0.05, 0) is 25.2 Å². The maximum atomic E-state index is 11.7. The molecule has 2 aliphatic rings. The second kappa shape index (κ2) is 5.32. The first-order chi connectivity index (χ1) is 7.74. The van der Waals surface area contributed by atoms with Crippen molar-refractivity contribution in [3.63, 3.8) is 0 Å². The Bertz CT molecular complexity index is 262. The molecule has 4 heteroatoms. The quantitative estimate of drug-likeness (QED) is 0.750. The van der Waals surface area contributed by atoms with Gasteiger partial charge in [-0.1, -0.05) is 12.8 Å². The lowest BCUT2D eigenvalue weighted by atomic mass is 10.0. The van der Waals surface area contributed by atoms with Crippen molar-refractivity contribution in [1.82, 2.24) is 10.6 Å². The Morgan fingerprint density at radius 3 is 2.69 bits per heavy atom. The molecule has 1 atom stereocenters. The van der Waals surface area contributed by atoms with Crippen molar-refractivity contribution in [2.24, 2.45) is 5.92 Å². The minimum absolute atomic E-state index is 0.0984. The first-order valence-electron chi connectivity index (χ1n) is 6.30. The molecule has 2 fully saturated rings. The number of amides is 2. The average Bonchev–Trinajstić information content (AvgIpc) is 2.74. The molecule has 0 aromatic carbocycles. The van der Waals surface area contributed by atoms with E-state index in [4.69, 9.17) is 0 Å². The monoisotopic (exact) mass is 224 g/mol. The van der Waals surface area contributed by atoms with Gasteiger partial charge in [-0.2, -0.15) is 0 Å². The van der Waals surface area contributed by atoms with Gasteiger partial charge in [0.1, 0.15) is 0 Å². The fraction of sp³-hybridized carbons (Fsp3) is 0.833. The Kier molecular flexibility index (Phi) is 3.80. The zero-order valence-corrected chi connectivity index (χ0v) is 9.63. The molecule has 0 aromatic rings. The van der Waals surface area contributed by atoms with Crippen molar-refractivity contribution in [2.75, 3.05) is 6.54 Å². The summed E-state index contributed by atoms with van der Waals surface area (Å²) in [4.78, 5) is 22.7. The Balaban J connectivity index is 1.68. The summed E-state index contributed by atoms with van der Waals surface area (Å²) in [5, 5.41) is 5.79. The van der Waals surface area contributed by atoms with Gasteiger partial charge >= 0.3 is 0 Å². The van der Waals surface area contributed by atoms with Crippen molar-refractivity contribution in [3.8, 4) is 0 Å². The molecular formula is C12H20N2O2. The molecule has 1 heterocycles. The molecule has 0 spiro atoms. The summed E-state index contributed by atoms with van der Waals surface area (Å²) < 4.78 is 0. The average molecular weight is 224 g/mol. The third-order valence-electron chi connectivity index (χ3n) is 3.58. The molecule has 1 unspecified atom stereocenters. The van der Waals surface area contributed by atoms with Gasteiger partial charge in [-0.3, -0.25) is 9.59 Å². The van der Waals surface area contributed by atoms with Crippen molar-refractivity contribution >= 4 is 11.8 Å². The first kappa shape index (κ1) is 11.4. The lowest BCUT2D eigenvalue weighted by Crippen LogP contribution is -2.47. The number of nitrogens with one attached hydrogen (secondary N) is 2. The molecule has 2 N–H and O–H groups in total. The molecule has 1 aliphatic carbocycles. The lowest BCUT2D eigenvalue weighted by Gasteiger charge is -2.24. The predicted octanol–water partition coefficient (Wildman–Crippen LogP) is 0.961. The van der Waals surface area contributed by atoms with Crippen molar-refractivity contribution in [2.45, 2.75) is 51.0 Å². The SMILES string of the molecule is O=C1CCC(NC(=O)CC2CCCC2)CN1. The van der Waals surface area contributed by atoms with E-state index in [1.54, 1.807) is 0 Å². The molecule has 1 saturated heterocycles. The third kappa shape index (κ3) is 3.22.